The number of amides is 2. The van der Waals surface area contributed by atoms with Crippen molar-refractivity contribution in [3.8, 4) is 0 Å². The molecular formula is C12H21F3N2O4. The van der Waals surface area contributed by atoms with Crippen LogP contribution in [0, 0.1) is 5.92 Å². The minimum Gasteiger partial charge on any atom is -0.479 e. The maximum atomic E-state index is 12.6. The number of ether oxygens (including phenoxy) is 1. The normalized spacial score (nSPS) is 14.6. The Kier molecular flexibility index (Phi) is 7.48. The molecule has 0 spiro atoms. The highest BCUT2D eigenvalue weighted by Crippen LogP contribution is 2.30. The molecule has 21 heavy (non-hydrogen) atoms. The number of urea groups is 1. The lowest BCUT2D eigenvalue weighted by atomic mass is 10.0. The highest BCUT2D eigenvalue weighted by Gasteiger charge is 2.58. The Labute approximate surface area is 121 Å². The van der Waals surface area contributed by atoms with E-state index in [1.165, 1.54) is 5.32 Å². The van der Waals surface area contributed by atoms with E-state index in [-0.39, 0.29) is 6.54 Å². The number of carboxylic acids is 1. The van der Waals surface area contributed by atoms with Gasteiger partial charge in [0.25, 0.3) is 0 Å². The van der Waals surface area contributed by atoms with Crippen molar-refractivity contribution in [3.05, 3.63) is 0 Å². The van der Waals surface area contributed by atoms with Gasteiger partial charge in [-0.3, -0.25) is 0 Å². The summed E-state index contributed by atoms with van der Waals surface area (Å²) in [4.78, 5) is 22.0. The molecule has 0 saturated heterocycles. The van der Waals surface area contributed by atoms with Crippen LogP contribution in [0.25, 0.3) is 0 Å². The van der Waals surface area contributed by atoms with Crippen LogP contribution in [0.15, 0.2) is 0 Å². The van der Waals surface area contributed by atoms with E-state index < -0.39 is 23.7 Å². The summed E-state index contributed by atoms with van der Waals surface area (Å²) in [6, 6.07) is -1.19. The Morgan fingerprint density at radius 2 is 1.86 bits per heavy atom. The maximum Gasteiger partial charge on any atom is 0.422 e. The second kappa shape index (κ2) is 8.06. The van der Waals surface area contributed by atoms with Gasteiger partial charge in [0.15, 0.2) is 0 Å². The van der Waals surface area contributed by atoms with Crippen LogP contribution >= 0.6 is 0 Å². The summed E-state index contributed by atoms with van der Waals surface area (Å²) in [7, 11) is 0. The highest BCUT2D eigenvalue weighted by atomic mass is 19.4. The third kappa shape index (κ3) is 6.65. The van der Waals surface area contributed by atoms with Crippen LogP contribution < -0.4 is 10.6 Å². The van der Waals surface area contributed by atoms with Crippen molar-refractivity contribution < 1.29 is 32.6 Å². The van der Waals surface area contributed by atoms with Crippen LogP contribution in [0.5, 0.6) is 0 Å². The fourth-order valence-corrected chi connectivity index (χ4v) is 1.21. The number of nitrogens with one attached hydrogen (secondary N) is 2. The Bertz CT molecular complexity index is 361. The Morgan fingerprint density at radius 1 is 1.29 bits per heavy atom. The average molecular weight is 314 g/mol. The van der Waals surface area contributed by atoms with Crippen molar-refractivity contribution in [1.82, 2.24) is 10.6 Å². The van der Waals surface area contributed by atoms with E-state index in [0.717, 1.165) is 0 Å². The van der Waals surface area contributed by atoms with Crippen LogP contribution in [0.2, 0.25) is 0 Å². The molecule has 0 radical (unpaired) electrons. The van der Waals surface area contributed by atoms with Crippen molar-refractivity contribution in [3.63, 3.8) is 0 Å². The van der Waals surface area contributed by atoms with Gasteiger partial charge in [0.2, 0.25) is 5.54 Å². The molecular weight excluding hydrogens is 293 g/mol. The summed E-state index contributed by atoms with van der Waals surface area (Å²) < 4.78 is 43.1. The number of carbonyl (C=O) groups excluding carboxylic acids is 1. The number of aliphatic carboxylic acids is 1. The van der Waals surface area contributed by atoms with Crippen LogP contribution in [0.4, 0.5) is 18.0 Å². The van der Waals surface area contributed by atoms with Crippen molar-refractivity contribution >= 4 is 12.0 Å². The number of alkyl halides is 3. The van der Waals surface area contributed by atoms with Gasteiger partial charge in [-0.2, -0.15) is 13.2 Å². The summed E-state index contributed by atoms with van der Waals surface area (Å²) in [6.07, 6.45) is -4.69. The fraction of sp³-hybridized carbons (Fsp3) is 0.833. The second-order valence-electron chi connectivity index (χ2n) is 5.13. The van der Waals surface area contributed by atoms with Crippen LogP contribution in [-0.2, 0) is 9.53 Å². The molecule has 0 aromatic rings. The van der Waals surface area contributed by atoms with Crippen molar-refractivity contribution in [2.75, 3.05) is 19.8 Å². The topological polar surface area (TPSA) is 87.7 Å². The first-order valence-corrected chi connectivity index (χ1v) is 6.44. The van der Waals surface area contributed by atoms with E-state index in [1.807, 2.05) is 13.8 Å². The molecule has 0 fully saturated rings. The predicted octanol–water partition coefficient (Wildman–Crippen LogP) is 1.75. The summed E-state index contributed by atoms with van der Waals surface area (Å²) >= 11 is 0. The van der Waals surface area contributed by atoms with Gasteiger partial charge in [-0.05, 0) is 19.3 Å². The minimum atomic E-state index is -5.10. The van der Waals surface area contributed by atoms with Crippen molar-refractivity contribution in [2.45, 2.75) is 38.9 Å². The smallest absolute Gasteiger partial charge is 0.422 e. The fourth-order valence-electron chi connectivity index (χ4n) is 1.21. The molecule has 1 unspecified atom stereocenters. The van der Waals surface area contributed by atoms with Crippen LogP contribution in [-0.4, -0.2) is 48.6 Å². The largest absolute Gasteiger partial charge is 0.479 e. The zero-order valence-corrected chi connectivity index (χ0v) is 12.2. The van der Waals surface area contributed by atoms with Crippen molar-refractivity contribution in [1.29, 1.82) is 0 Å². The Hall–Kier alpha value is -1.51. The van der Waals surface area contributed by atoms with Crippen LogP contribution in [0.1, 0.15) is 27.2 Å². The molecule has 124 valence electrons. The van der Waals surface area contributed by atoms with E-state index in [1.54, 1.807) is 0 Å². The number of hydrogen-bond donors (Lipinski definition) is 3. The lowest BCUT2D eigenvalue weighted by molar-refractivity contribution is -0.203. The van der Waals surface area contributed by atoms with E-state index in [2.05, 4.69) is 5.32 Å². The standard InChI is InChI=1S/C12H21F3N2O4/c1-8(2)7-21-6-4-5-16-10(20)17-11(3,9(18)19)12(13,14)15/h8H,4-7H2,1-3H3,(H,18,19)(H2,16,17,20). The van der Waals surface area contributed by atoms with E-state index in [0.29, 0.717) is 32.5 Å². The zero-order chi connectivity index (χ0) is 16.7. The molecule has 0 aliphatic carbocycles. The molecule has 0 heterocycles. The van der Waals surface area contributed by atoms with E-state index >= 15 is 0 Å². The molecule has 9 heteroatoms. The predicted molar refractivity (Wildman–Crippen MR) is 68.9 cm³/mol. The molecule has 6 nitrogen and oxygen atoms in total. The first kappa shape index (κ1) is 19.5. The van der Waals surface area contributed by atoms with Gasteiger partial charge in [0.05, 0.1) is 0 Å². The summed E-state index contributed by atoms with van der Waals surface area (Å²) in [5.41, 5.74) is -3.33. The lowest BCUT2D eigenvalue weighted by Crippen LogP contribution is -2.63. The zero-order valence-electron chi connectivity index (χ0n) is 12.2. The molecule has 0 bridgehead atoms. The molecule has 0 rings (SSSR count). The first-order chi connectivity index (χ1) is 9.50. The molecule has 0 aliphatic rings. The molecule has 3 N–H and O–H groups in total. The Morgan fingerprint density at radius 3 is 2.29 bits per heavy atom. The second-order valence-corrected chi connectivity index (χ2v) is 5.13. The summed E-state index contributed by atoms with van der Waals surface area (Å²) in [5.74, 6) is -1.81. The Balaban J connectivity index is 4.16. The minimum absolute atomic E-state index is 0.0808. The highest BCUT2D eigenvalue weighted by molar-refractivity contribution is 5.86. The van der Waals surface area contributed by atoms with Gasteiger partial charge >= 0.3 is 18.2 Å². The van der Waals surface area contributed by atoms with Gasteiger partial charge in [0.1, 0.15) is 0 Å². The molecule has 0 aromatic carbocycles. The first-order valence-electron chi connectivity index (χ1n) is 6.44. The SMILES string of the molecule is CC(C)COCCCNC(=O)NC(C)(C(=O)O)C(F)(F)F. The molecule has 2 amide bonds. The monoisotopic (exact) mass is 314 g/mol. The number of rotatable bonds is 8. The number of hydrogen-bond acceptors (Lipinski definition) is 3. The average Bonchev–Trinajstić information content (AvgIpc) is 2.31. The third-order valence-electron chi connectivity index (χ3n) is 2.56. The van der Waals surface area contributed by atoms with Gasteiger partial charge in [-0.1, -0.05) is 13.8 Å². The maximum absolute atomic E-state index is 12.6. The van der Waals surface area contributed by atoms with E-state index in [9.17, 15) is 22.8 Å². The van der Waals surface area contributed by atoms with Gasteiger partial charge in [-0.25, -0.2) is 9.59 Å². The summed E-state index contributed by atoms with van der Waals surface area (Å²) in [6.45, 7) is 5.31. The molecule has 0 saturated carbocycles. The van der Waals surface area contributed by atoms with Gasteiger partial charge < -0.3 is 20.5 Å². The van der Waals surface area contributed by atoms with Gasteiger partial charge in [0, 0.05) is 19.8 Å². The van der Waals surface area contributed by atoms with E-state index in [4.69, 9.17) is 9.84 Å². The number of carboxylic acid groups (broad SMARTS) is 1. The molecule has 0 aliphatic heterocycles. The third-order valence-corrected chi connectivity index (χ3v) is 2.56. The number of halogens is 3. The van der Waals surface area contributed by atoms with Gasteiger partial charge in [-0.15, -0.1) is 0 Å². The van der Waals surface area contributed by atoms with Crippen LogP contribution in [0.3, 0.4) is 0 Å². The number of carbonyl (C=O) groups is 2. The summed E-state index contributed by atoms with van der Waals surface area (Å²) in [5, 5.41) is 12.2. The molecule has 0 aromatic heterocycles. The lowest BCUT2D eigenvalue weighted by Gasteiger charge is -2.28. The molecule has 1 atom stereocenters. The quantitative estimate of drug-likeness (QED) is 0.596. The van der Waals surface area contributed by atoms with Crippen molar-refractivity contribution in [2.24, 2.45) is 5.92 Å².